The normalized spacial score (nSPS) is 12.3. The number of aryl methyl sites for hydroxylation is 2. The summed E-state index contributed by atoms with van der Waals surface area (Å²) in [6.07, 6.45) is 6.26. The third kappa shape index (κ3) is 9.88. The lowest BCUT2D eigenvalue weighted by atomic mass is 9.96. The van der Waals surface area contributed by atoms with Crippen molar-refractivity contribution in [1.29, 1.82) is 0 Å². The van der Waals surface area contributed by atoms with E-state index in [4.69, 9.17) is 9.47 Å². The first kappa shape index (κ1) is 28.8. The molecule has 0 aromatic heterocycles. The second-order valence-corrected chi connectivity index (χ2v) is 11.7. The van der Waals surface area contributed by atoms with Crippen LogP contribution in [0.15, 0.2) is 66.7 Å². The van der Waals surface area contributed by atoms with Gasteiger partial charge in [0.2, 0.25) is 0 Å². The molecule has 0 saturated heterocycles. The molecule has 3 aromatic carbocycles. The summed E-state index contributed by atoms with van der Waals surface area (Å²) in [6.45, 7) is 5.65. The number of carbonyl (C=O) groups excluding carboxylic acids is 2. The van der Waals surface area contributed by atoms with Gasteiger partial charge in [0.25, 0.3) is 0 Å². The summed E-state index contributed by atoms with van der Waals surface area (Å²) >= 11 is 1.61. The molecule has 1 unspecified atom stereocenters. The first-order valence-electron chi connectivity index (χ1n) is 13.2. The average Bonchev–Trinajstić information content (AvgIpc) is 2.87. The Morgan fingerprint density at radius 2 is 1.57 bits per heavy atom. The third-order valence-electron chi connectivity index (χ3n) is 6.23. The van der Waals surface area contributed by atoms with Crippen LogP contribution in [0.1, 0.15) is 74.8 Å². The molecule has 1 atom stereocenters. The van der Waals surface area contributed by atoms with Crippen LogP contribution in [-0.2, 0) is 31.9 Å². The predicted octanol–water partition coefficient (Wildman–Crippen LogP) is 7.86. The summed E-state index contributed by atoms with van der Waals surface area (Å²) in [5.41, 5.74) is 3.29. The fraction of sp³-hybridized carbons (Fsp3) is 0.438. The molecule has 0 spiro atoms. The number of methoxy groups -OCH3 is 1. The van der Waals surface area contributed by atoms with E-state index in [0.29, 0.717) is 12.2 Å². The summed E-state index contributed by atoms with van der Waals surface area (Å²) in [5.74, 6) is 0.114. The SMILES string of the molecule is COC(=O)CCSC(CC(=O)OC(C)(C)C)c1cccc2ccc(CCCCCc3ccccc3)cc12. The van der Waals surface area contributed by atoms with Gasteiger partial charge < -0.3 is 9.47 Å². The largest absolute Gasteiger partial charge is 0.469 e. The van der Waals surface area contributed by atoms with E-state index in [-0.39, 0.29) is 23.6 Å². The van der Waals surface area contributed by atoms with E-state index in [0.717, 1.165) is 30.2 Å². The van der Waals surface area contributed by atoms with Crippen molar-refractivity contribution in [3.63, 3.8) is 0 Å². The van der Waals surface area contributed by atoms with Gasteiger partial charge in [0.15, 0.2) is 0 Å². The number of carbonyl (C=O) groups is 2. The van der Waals surface area contributed by atoms with Crippen LogP contribution in [0.5, 0.6) is 0 Å². The van der Waals surface area contributed by atoms with Crippen LogP contribution >= 0.6 is 11.8 Å². The second kappa shape index (κ2) is 14.2. The third-order valence-corrected chi connectivity index (χ3v) is 7.49. The van der Waals surface area contributed by atoms with Crippen molar-refractivity contribution >= 4 is 34.5 Å². The highest BCUT2D eigenvalue weighted by Gasteiger charge is 2.23. The van der Waals surface area contributed by atoms with Gasteiger partial charge in [0.05, 0.1) is 20.0 Å². The summed E-state index contributed by atoms with van der Waals surface area (Å²) in [7, 11) is 1.40. The van der Waals surface area contributed by atoms with Crippen LogP contribution in [0, 0.1) is 0 Å². The fourth-order valence-corrected chi connectivity index (χ4v) is 5.65. The van der Waals surface area contributed by atoms with Gasteiger partial charge in [-0.15, -0.1) is 0 Å². The van der Waals surface area contributed by atoms with E-state index >= 15 is 0 Å². The number of benzene rings is 3. The number of fused-ring (bicyclic) bond motifs is 1. The van der Waals surface area contributed by atoms with Gasteiger partial charge in [0, 0.05) is 11.0 Å². The molecule has 0 N–H and O–H groups in total. The Labute approximate surface area is 226 Å². The van der Waals surface area contributed by atoms with E-state index in [1.165, 1.54) is 36.5 Å². The highest BCUT2D eigenvalue weighted by molar-refractivity contribution is 7.99. The van der Waals surface area contributed by atoms with Crippen LogP contribution < -0.4 is 0 Å². The molecule has 0 aliphatic rings. The van der Waals surface area contributed by atoms with Crippen LogP contribution in [0.3, 0.4) is 0 Å². The predicted molar refractivity (Wildman–Crippen MR) is 154 cm³/mol. The molecule has 0 heterocycles. The number of esters is 2. The Morgan fingerprint density at radius 3 is 2.27 bits per heavy atom. The van der Waals surface area contributed by atoms with Crippen LogP contribution in [0.4, 0.5) is 0 Å². The molecular formula is C32H40O4S. The summed E-state index contributed by atoms with van der Waals surface area (Å²) in [4.78, 5) is 24.5. The quantitative estimate of drug-likeness (QED) is 0.170. The monoisotopic (exact) mass is 520 g/mol. The lowest BCUT2D eigenvalue weighted by Gasteiger charge is -2.23. The molecule has 5 heteroatoms. The fourth-order valence-electron chi connectivity index (χ4n) is 4.44. The number of rotatable bonds is 13. The van der Waals surface area contributed by atoms with Crippen molar-refractivity contribution in [2.24, 2.45) is 0 Å². The number of hydrogen-bond donors (Lipinski definition) is 0. The minimum atomic E-state index is -0.537. The minimum Gasteiger partial charge on any atom is -0.469 e. The molecule has 3 rings (SSSR count). The van der Waals surface area contributed by atoms with Gasteiger partial charge in [-0.05, 0) is 73.9 Å². The number of hydrogen-bond acceptors (Lipinski definition) is 5. The summed E-state index contributed by atoms with van der Waals surface area (Å²) in [6, 6.07) is 23.6. The maximum absolute atomic E-state index is 12.8. The van der Waals surface area contributed by atoms with Gasteiger partial charge in [-0.2, -0.15) is 11.8 Å². The molecule has 0 aliphatic heterocycles. The highest BCUT2D eigenvalue weighted by Crippen LogP contribution is 2.38. The van der Waals surface area contributed by atoms with Gasteiger partial charge in [-0.25, -0.2) is 0 Å². The smallest absolute Gasteiger partial charge is 0.307 e. The molecule has 0 amide bonds. The molecule has 4 nitrogen and oxygen atoms in total. The Morgan fingerprint density at radius 1 is 0.838 bits per heavy atom. The van der Waals surface area contributed by atoms with Crippen molar-refractivity contribution in [1.82, 2.24) is 0 Å². The molecule has 0 saturated carbocycles. The molecule has 3 aromatic rings. The number of thioether (sulfide) groups is 1. The van der Waals surface area contributed by atoms with E-state index in [2.05, 4.69) is 60.7 Å². The van der Waals surface area contributed by atoms with Crippen molar-refractivity contribution in [3.05, 3.63) is 83.4 Å². The Kier molecular flexibility index (Phi) is 11.1. The number of unbranched alkanes of at least 4 members (excludes halogenated alkanes) is 2. The topological polar surface area (TPSA) is 52.6 Å². The molecule has 198 valence electrons. The molecule has 37 heavy (non-hydrogen) atoms. The van der Waals surface area contributed by atoms with Gasteiger partial charge >= 0.3 is 11.9 Å². The van der Waals surface area contributed by atoms with E-state index in [1.54, 1.807) is 11.8 Å². The van der Waals surface area contributed by atoms with E-state index in [9.17, 15) is 9.59 Å². The first-order valence-corrected chi connectivity index (χ1v) is 14.3. The van der Waals surface area contributed by atoms with E-state index < -0.39 is 5.60 Å². The molecule has 0 aliphatic carbocycles. The van der Waals surface area contributed by atoms with Gasteiger partial charge in [0.1, 0.15) is 5.60 Å². The minimum absolute atomic E-state index is 0.107. The summed E-state index contributed by atoms with van der Waals surface area (Å²) < 4.78 is 10.4. The number of ether oxygens (including phenoxy) is 2. The Balaban J connectivity index is 1.72. The zero-order valence-electron chi connectivity index (χ0n) is 22.6. The maximum Gasteiger partial charge on any atom is 0.307 e. The van der Waals surface area contributed by atoms with E-state index in [1.807, 2.05) is 26.8 Å². The highest BCUT2D eigenvalue weighted by atomic mass is 32.2. The van der Waals surface area contributed by atoms with Crippen LogP contribution in [-0.4, -0.2) is 30.4 Å². The maximum atomic E-state index is 12.8. The van der Waals surface area contributed by atoms with Crippen molar-refractivity contribution < 1.29 is 19.1 Å². The van der Waals surface area contributed by atoms with Crippen molar-refractivity contribution in [2.45, 2.75) is 76.6 Å². The molecule has 0 radical (unpaired) electrons. The molecule has 0 bridgehead atoms. The zero-order chi connectivity index (χ0) is 26.7. The molecule has 0 fully saturated rings. The van der Waals surface area contributed by atoms with Crippen molar-refractivity contribution in [3.8, 4) is 0 Å². The summed E-state index contributed by atoms with van der Waals surface area (Å²) in [5, 5.41) is 2.22. The van der Waals surface area contributed by atoms with Crippen LogP contribution in [0.25, 0.3) is 10.8 Å². The Bertz CT molecular complexity index is 1150. The lowest BCUT2D eigenvalue weighted by molar-refractivity contribution is -0.154. The second-order valence-electron chi connectivity index (χ2n) is 10.4. The standard InChI is InChI=1S/C32H40O4S/c1-32(2,3)36-31(34)23-29(37-21-20-30(33)35-4)27-17-11-16-26-19-18-25(22-28(26)27)15-10-6-9-14-24-12-7-5-8-13-24/h5,7-8,11-13,16-19,22,29H,6,9-10,14-15,20-21,23H2,1-4H3. The first-order chi connectivity index (χ1) is 17.7. The Hall–Kier alpha value is -2.79. The zero-order valence-corrected chi connectivity index (χ0v) is 23.4. The average molecular weight is 521 g/mol. The van der Waals surface area contributed by atoms with Crippen LogP contribution in [0.2, 0.25) is 0 Å². The lowest BCUT2D eigenvalue weighted by Crippen LogP contribution is -2.24. The molecular weight excluding hydrogens is 480 g/mol. The van der Waals surface area contributed by atoms with Gasteiger partial charge in [-0.1, -0.05) is 73.2 Å². The van der Waals surface area contributed by atoms with Gasteiger partial charge in [-0.3, -0.25) is 9.59 Å². The van der Waals surface area contributed by atoms with Crippen molar-refractivity contribution in [2.75, 3.05) is 12.9 Å².